The lowest BCUT2D eigenvalue weighted by Crippen LogP contribution is -2.39. The number of hydrogen-bond acceptors (Lipinski definition) is 3. The Balaban J connectivity index is 0.00000364. The van der Waals surface area contributed by atoms with Crippen molar-refractivity contribution < 1.29 is 12.8 Å². The molecular weight excluding hydrogens is 484 g/mol. The van der Waals surface area contributed by atoms with Gasteiger partial charge in [0.1, 0.15) is 5.82 Å². The lowest BCUT2D eigenvalue weighted by Gasteiger charge is -2.12. The van der Waals surface area contributed by atoms with E-state index in [0.29, 0.717) is 32.0 Å². The Morgan fingerprint density at radius 1 is 1.22 bits per heavy atom. The van der Waals surface area contributed by atoms with E-state index in [-0.39, 0.29) is 35.5 Å². The summed E-state index contributed by atoms with van der Waals surface area (Å²) in [7, 11) is -1.45. The summed E-state index contributed by atoms with van der Waals surface area (Å²) in [5, 5.41) is 7.37. The van der Waals surface area contributed by atoms with Gasteiger partial charge in [0.15, 0.2) is 5.96 Å². The predicted molar refractivity (Wildman–Crippen MR) is 119 cm³/mol. The standard InChI is InChI=1S/C17H26FN5O2S.HI/c1-3-26(24,25)23-9-4-8-20-17(19-2)21-10-7-13-12-22-16-11-14(18)5-6-15(13)16;/h5-6,11-12,22-23H,3-4,7-10H2,1-2H3,(H2,19,20,21);1H. The van der Waals surface area contributed by atoms with E-state index in [1.807, 2.05) is 6.20 Å². The number of fused-ring (bicyclic) bond motifs is 1. The van der Waals surface area contributed by atoms with E-state index in [1.165, 1.54) is 12.1 Å². The van der Waals surface area contributed by atoms with Crippen molar-refractivity contribution in [1.82, 2.24) is 20.3 Å². The van der Waals surface area contributed by atoms with Crippen LogP contribution in [-0.4, -0.2) is 51.8 Å². The zero-order valence-electron chi connectivity index (χ0n) is 15.5. The molecule has 0 aliphatic rings. The van der Waals surface area contributed by atoms with E-state index in [0.717, 1.165) is 22.9 Å². The molecule has 0 aliphatic heterocycles. The number of halogens is 2. The molecule has 27 heavy (non-hydrogen) atoms. The highest BCUT2D eigenvalue weighted by Gasteiger charge is 2.06. The van der Waals surface area contributed by atoms with Gasteiger partial charge >= 0.3 is 0 Å². The summed E-state index contributed by atoms with van der Waals surface area (Å²) in [6.07, 6.45) is 3.32. The largest absolute Gasteiger partial charge is 0.361 e. The minimum Gasteiger partial charge on any atom is -0.361 e. The third-order valence-electron chi connectivity index (χ3n) is 3.99. The fourth-order valence-corrected chi connectivity index (χ4v) is 3.19. The van der Waals surface area contributed by atoms with Gasteiger partial charge in [0.25, 0.3) is 0 Å². The van der Waals surface area contributed by atoms with E-state index >= 15 is 0 Å². The molecule has 0 atom stereocenters. The van der Waals surface area contributed by atoms with Gasteiger partial charge in [0, 0.05) is 43.8 Å². The second-order valence-corrected chi connectivity index (χ2v) is 7.93. The second kappa shape index (κ2) is 11.4. The van der Waals surface area contributed by atoms with Gasteiger partial charge in [-0.05, 0) is 43.5 Å². The summed E-state index contributed by atoms with van der Waals surface area (Å²) < 4.78 is 38.4. The van der Waals surface area contributed by atoms with Crippen LogP contribution in [0.15, 0.2) is 29.4 Å². The van der Waals surface area contributed by atoms with E-state index in [4.69, 9.17) is 0 Å². The van der Waals surface area contributed by atoms with Crippen molar-refractivity contribution in [2.24, 2.45) is 4.99 Å². The van der Waals surface area contributed by atoms with Crippen LogP contribution in [0, 0.1) is 5.82 Å². The van der Waals surface area contributed by atoms with Crippen LogP contribution in [0.2, 0.25) is 0 Å². The first-order valence-corrected chi connectivity index (χ1v) is 10.3. The number of benzene rings is 1. The topological polar surface area (TPSA) is 98.4 Å². The summed E-state index contributed by atoms with van der Waals surface area (Å²) in [6.45, 7) is 3.29. The Morgan fingerprint density at radius 2 is 1.96 bits per heavy atom. The summed E-state index contributed by atoms with van der Waals surface area (Å²) in [4.78, 5) is 7.22. The van der Waals surface area contributed by atoms with Gasteiger partial charge in [-0.3, -0.25) is 4.99 Å². The zero-order chi connectivity index (χ0) is 19.0. The summed E-state index contributed by atoms with van der Waals surface area (Å²) in [5.74, 6) is 0.494. The SMILES string of the molecule is CCS(=O)(=O)NCCCNC(=NC)NCCc1c[nH]c2cc(F)ccc12.I. The van der Waals surface area contributed by atoms with Crippen molar-refractivity contribution in [2.45, 2.75) is 19.8 Å². The molecule has 152 valence electrons. The first-order valence-electron chi connectivity index (χ1n) is 8.62. The molecule has 2 rings (SSSR count). The van der Waals surface area contributed by atoms with Gasteiger partial charge < -0.3 is 15.6 Å². The third-order valence-corrected chi connectivity index (χ3v) is 5.39. The summed E-state index contributed by atoms with van der Waals surface area (Å²) >= 11 is 0. The van der Waals surface area contributed by atoms with Crippen LogP contribution >= 0.6 is 24.0 Å². The van der Waals surface area contributed by atoms with E-state index in [2.05, 4.69) is 25.3 Å². The fourth-order valence-electron chi connectivity index (χ4n) is 2.53. The Kier molecular flexibility index (Phi) is 10.0. The lowest BCUT2D eigenvalue weighted by molar-refractivity contribution is 0.579. The molecule has 1 heterocycles. The van der Waals surface area contributed by atoms with Crippen molar-refractivity contribution >= 4 is 50.9 Å². The maximum absolute atomic E-state index is 13.2. The number of aromatic nitrogens is 1. The van der Waals surface area contributed by atoms with Crippen LogP contribution in [-0.2, 0) is 16.4 Å². The summed E-state index contributed by atoms with van der Waals surface area (Å²) in [5.41, 5.74) is 1.90. The molecule has 10 heteroatoms. The number of nitrogens with zero attached hydrogens (tertiary/aromatic N) is 1. The number of sulfonamides is 1. The van der Waals surface area contributed by atoms with Crippen molar-refractivity contribution in [2.75, 3.05) is 32.4 Å². The van der Waals surface area contributed by atoms with Crippen LogP contribution in [0.1, 0.15) is 18.9 Å². The molecule has 0 amide bonds. The van der Waals surface area contributed by atoms with E-state index < -0.39 is 10.0 Å². The number of rotatable bonds is 9. The van der Waals surface area contributed by atoms with Gasteiger partial charge in [-0.15, -0.1) is 24.0 Å². The average molecular weight is 511 g/mol. The monoisotopic (exact) mass is 511 g/mol. The van der Waals surface area contributed by atoms with Gasteiger partial charge in [-0.1, -0.05) is 0 Å². The first-order chi connectivity index (χ1) is 12.4. The number of nitrogens with one attached hydrogen (secondary N) is 4. The fraction of sp³-hybridized carbons (Fsp3) is 0.471. The molecule has 0 radical (unpaired) electrons. The van der Waals surface area contributed by atoms with Crippen LogP contribution in [0.5, 0.6) is 0 Å². The lowest BCUT2D eigenvalue weighted by atomic mass is 10.1. The maximum atomic E-state index is 13.2. The molecule has 0 saturated carbocycles. The highest BCUT2D eigenvalue weighted by molar-refractivity contribution is 14.0. The molecule has 0 bridgehead atoms. The molecule has 0 unspecified atom stereocenters. The van der Waals surface area contributed by atoms with Crippen LogP contribution in [0.25, 0.3) is 10.9 Å². The van der Waals surface area contributed by atoms with Crippen molar-refractivity contribution in [3.05, 3.63) is 35.8 Å². The minimum absolute atomic E-state index is 0. The average Bonchev–Trinajstić information content (AvgIpc) is 3.01. The molecule has 0 saturated heterocycles. The van der Waals surface area contributed by atoms with Gasteiger partial charge in [-0.25, -0.2) is 17.5 Å². The molecule has 0 fully saturated rings. The Labute approximate surface area is 176 Å². The van der Waals surface area contributed by atoms with Crippen molar-refractivity contribution in [3.8, 4) is 0 Å². The van der Waals surface area contributed by atoms with E-state index in [1.54, 1.807) is 20.0 Å². The second-order valence-electron chi connectivity index (χ2n) is 5.83. The number of H-pyrrole nitrogens is 1. The Morgan fingerprint density at radius 3 is 2.67 bits per heavy atom. The molecule has 0 spiro atoms. The molecule has 0 aliphatic carbocycles. The molecular formula is C17H27FIN5O2S. The molecule has 2 aromatic rings. The van der Waals surface area contributed by atoms with Crippen molar-refractivity contribution in [1.29, 1.82) is 0 Å². The first kappa shape index (κ1) is 23.6. The van der Waals surface area contributed by atoms with Gasteiger partial charge in [0.05, 0.1) is 5.75 Å². The number of hydrogen-bond donors (Lipinski definition) is 4. The van der Waals surface area contributed by atoms with Gasteiger partial charge in [-0.2, -0.15) is 0 Å². The van der Waals surface area contributed by atoms with Crippen LogP contribution < -0.4 is 15.4 Å². The van der Waals surface area contributed by atoms with Crippen LogP contribution in [0.3, 0.4) is 0 Å². The summed E-state index contributed by atoms with van der Waals surface area (Å²) in [6, 6.07) is 4.72. The molecule has 1 aromatic carbocycles. The Bertz CT molecular complexity index is 854. The van der Waals surface area contributed by atoms with Gasteiger partial charge in [0.2, 0.25) is 10.0 Å². The molecule has 7 nitrogen and oxygen atoms in total. The molecule has 4 N–H and O–H groups in total. The normalized spacial score (nSPS) is 12.0. The zero-order valence-corrected chi connectivity index (χ0v) is 18.7. The Hall–Kier alpha value is -1.40. The van der Waals surface area contributed by atoms with E-state index in [9.17, 15) is 12.8 Å². The third kappa shape index (κ3) is 7.62. The van der Waals surface area contributed by atoms with Crippen molar-refractivity contribution in [3.63, 3.8) is 0 Å². The smallest absolute Gasteiger partial charge is 0.211 e. The number of aromatic amines is 1. The number of aliphatic imine (C=N–C) groups is 1. The maximum Gasteiger partial charge on any atom is 0.211 e. The highest BCUT2D eigenvalue weighted by Crippen LogP contribution is 2.19. The highest BCUT2D eigenvalue weighted by atomic mass is 127. The molecule has 1 aromatic heterocycles. The predicted octanol–water partition coefficient (Wildman–Crippen LogP) is 1.96. The minimum atomic E-state index is -3.14. The number of guanidine groups is 1. The quantitative estimate of drug-likeness (QED) is 0.179. The van der Waals surface area contributed by atoms with Crippen LogP contribution in [0.4, 0.5) is 4.39 Å².